The van der Waals surface area contributed by atoms with Crippen LogP contribution in [0.4, 0.5) is 0 Å². The Balaban J connectivity index is 1.70. The monoisotopic (exact) mass is 324 g/mol. The number of ether oxygens (including phenoxy) is 1. The molecule has 1 amide bonds. The summed E-state index contributed by atoms with van der Waals surface area (Å²) in [5.41, 5.74) is 3.15. The fourth-order valence-electron chi connectivity index (χ4n) is 3.41. The van der Waals surface area contributed by atoms with Crippen molar-refractivity contribution in [2.45, 2.75) is 26.2 Å². The highest BCUT2D eigenvalue weighted by atomic mass is 16.5. The number of hydrogen-bond acceptors (Lipinski definition) is 3. The Hall–Kier alpha value is -2.36. The highest BCUT2D eigenvalue weighted by Gasteiger charge is 2.21. The Morgan fingerprint density at radius 1 is 1.29 bits per heavy atom. The van der Waals surface area contributed by atoms with Gasteiger partial charge in [0.2, 0.25) is 5.91 Å². The average Bonchev–Trinajstić information content (AvgIpc) is 2.62. The lowest BCUT2D eigenvalue weighted by Gasteiger charge is -2.32. The van der Waals surface area contributed by atoms with Crippen LogP contribution >= 0.6 is 0 Å². The highest BCUT2D eigenvalue weighted by Crippen LogP contribution is 2.28. The van der Waals surface area contributed by atoms with Crippen LogP contribution in [0.1, 0.15) is 25.3 Å². The maximum Gasteiger partial charge on any atom is 0.219 e. The molecule has 0 N–H and O–H groups in total. The second-order valence-electron chi connectivity index (χ2n) is 6.43. The Morgan fingerprint density at radius 2 is 2.12 bits per heavy atom. The number of aromatic nitrogens is 1. The lowest BCUT2D eigenvalue weighted by molar-refractivity contribution is -0.130. The Labute approximate surface area is 143 Å². The molecule has 0 aliphatic carbocycles. The van der Waals surface area contributed by atoms with Gasteiger partial charge in [-0.05, 0) is 48.9 Å². The molecule has 4 heteroatoms. The molecule has 4 nitrogen and oxygen atoms in total. The topological polar surface area (TPSA) is 42.4 Å². The smallest absolute Gasteiger partial charge is 0.219 e. The summed E-state index contributed by atoms with van der Waals surface area (Å²) in [7, 11) is 1.68. The molecule has 0 spiro atoms. The lowest BCUT2D eigenvalue weighted by atomic mass is 9.91. The van der Waals surface area contributed by atoms with Crippen molar-refractivity contribution in [3.63, 3.8) is 0 Å². The van der Waals surface area contributed by atoms with Gasteiger partial charge >= 0.3 is 0 Å². The van der Waals surface area contributed by atoms with Gasteiger partial charge in [0.25, 0.3) is 0 Å². The van der Waals surface area contributed by atoms with E-state index >= 15 is 0 Å². The molecule has 0 radical (unpaired) electrons. The predicted molar refractivity (Wildman–Crippen MR) is 94.9 cm³/mol. The van der Waals surface area contributed by atoms with Gasteiger partial charge < -0.3 is 9.64 Å². The van der Waals surface area contributed by atoms with Gasteiger partial charge in [0.05, 0.1) is 12.8 Å². The van der Waals surface area contributed by atoms with E-state index < -0.39 is 0 Å². The van der Waals surface area contributed by atoms with E-state index in [4.69, 9.17) is 4.74 Å². The first kappa shape index (κ1) is 16.5. The fourth-order valence-corrected chi connectivity index (χ4v) is 3.41. The molecule has 1 aromatic carbocycles. The summed E-state index contributed by atoms with van der Waals surface area (Å²) in [6, 6.07) is 12.1. The van der Waals surface area contributed by atoms with Crippen LogP contribution in [0.2, 0.25) is 0 Å². The van der Waals surface area contributed by atoms with E-state index in [0.717, 1.165) is 42.9 Å². The van der Waals surface area contributed by atoms with Crippen LogP contribution in [0.5, 0.6) is 5.75 Å². The molecule has 24 heavy (non-hydrogen) atoms. The summed E-state index contributed by atoms with van der Waals surface area (Å²) in [4.78, 5) is 18.1. The van der Waals surface area contributed by atoms with Gasteiger partial charge in [-0.3, -0.25) is 9.78 Å². The second-order valence-corrected chi connectivity index (χ2v) is 6.43. The quantitative estimate of drug-likeness (QED) is 0.863. The second kappa shape index (κ2) is 7.47. The van der Waals surface area contributed by atoms with E-state index in [-0.39, 0.29) is 5.91 Å². The largest absolute Gasteiger partial charge is 0.496 e. The third-order valence-corrected chi connectivity index (χ3v) is 4.70. The normalized spacial score (nSPS) is 17.6. The van der Waals surface area contributed by atoms with Crippen molar-refractivity contribution in [2.75, 3.05) is 20.2 Å². The third-order valence-electron chi connectivity index (χ3n) is 4.70. The summed E-state index contributed by atoms with van der Waals surface area (Å²) in [5.74, 6) is 1.55. The van der Waals surface area contributed by atoms with Crippen LogP contribution in [0, 0.1) is 5.92 Å². The maximum atomic E-state index is 11.6. The Kier molecular flexibility index (Phi) is 5.14. The Morgan fingerprint density at radius 3 is 2.83 bits per heavy atom. The Bertz CT molecular complexity index is 697. The van der Waals surface area contributed by atoms with E-state index in [0.29, 0.717) is 5.92 Å². The van der Waals surface area contributed by atoms with Crippen molar-refractivity contribution in [3.05, 3.63) is 48.2 Å². The van der Waals surface area contributed by atoms with Crippen molar-refractivity contribution in [2.24, 2.45) is 5.92 Å². The molecule has 1 fully saturated rings. The molecule has 1 aromatic heterocycles. The van der Waals surface area contributed by atoms with E-state index in [2.05, 4.69) is 17.1 Å². The van der Waals surface area contributed by atoms with Gasteiger partial charge in [0.1, 0.15) is 5.75 Å². The van der Waals surface area contributed by atoms with Crippen molar-refractivity contribution < 1.29 is 9.53 Å². The molecule has 2 heterocycles. The van der Waals surface area contributed by atoms with Crippen molar-refractivity contribution in [1.29, 1.82) is 0 Å². The van der Waals surface area contributed by atoms with Crippen LogP contribution in [-0.4, -0.2) is 36.0 Å². The van der Waals surface area contributed by atoms with Crippen molar-refractivity contribution >= 4 is 5.91 Å². The van der Waals surface area contributed by atoms with E-state index in [1.807, 2.05) is 35.4 Å². The number of piperidine rings is 1. The molecule has 1 unspecified atom stereocenters. The predicted octanol–water partition coefficient (Wildman–Crippen LogP) is 3.56. The van der Waals surface area contributed by atoms with Gasteiger partial charge in [-0.1, -0.05) is 18.2 Å². The molecular formula is C20H24N2O2. The average molecular weight is 324 g/mol. The molecule has 1 saturated heterocycles. The number of likely N-dealkylation sites (tertiary alicyclic amines) is 1. The zero-order valence-corrected chi connectivity index (χ0v) is 14.4. The first-order valence-electron chi connectivity index (χ1n) is 8.51. The summed E-state index contributed by atoms with van der Waals surface area (Å²) in [6.45, 7) is 3.42. The van der Waals surface area contributed by atoms with E-state index in [9.17, 15) is 4.79 Å². The number of pyridine rings is 1. The first-order valence-corrected chi connectivity index (χ1v) is 8.51. The van der Waals surface area contributed by atoms with Gasteiger partial charge in [0.15, 0.2) is 0 Å². The van der Waals surface area contributed by atoms with Gasteiger partial charge in [-0.15, -0.1) is 0 Å². The minimum atomic E-state index is 0.185. The van der Waals surface area contributed by atoms with Gasteiger partial charge in [0, 0.05) is 31.8 Å². The standard InChI is InChI=1S/C20H24N2O2/c1-15(23)22-11-5-6-17(14-22)12-16-9-10-19(21-13-16)18-7-3-4-8-20(18)24-2/h3-4,7-10,13,17H,5-6,11-12,14H2,1-2H3. The number of nitrogens with zero attached hydrogens (tertiary/aromatic N) is 2. The number of carbonyl (C=O) groups excluding carboxylic acids is 1. The SMILES string of the molecule is COc1ccccc1-c1ccc(CC2CCCN(C(C)=O)C2)cn1. The summed E-state index contributed by atoms with van der Waals surface area (Å²) >= 11 is 0. The van der Waals surface area contributed by atoms with E-state index in [1.54, 1.807) is 14.0 Å². The minimum absolute atomic E-state index is 0.185. The maximum absolute atomic E-state index is 11.6. The van der Waals surface area contributed by atoms with Crippen LogP contribution in [0.3, 0.4) is 0 Å². The lowest BCUT2D eigenvalue weighted by Crippen LogP contribution is -2.39. The number of carbonyl (C=O) groups is 1. The third kappa shape index (κ3) is 3.75. The van der Waals surface area contributed by atoms with Crippen LogP contribution < -0.4 is 4.74 Å². The number of benzene rings is 1. The van der Waals surface area contributed by atoms with Gasteiger partial charge in [-0.2, -0.15) is 0 Å². The fraction of sp³-hybridized carbons (Fsp3) is 0.400. The number of methoxy groups -OCH3 is 1. The molecule has 3 rings (SSSR count). The zero-order chi connectivity index (χ0) is 16.9. The summed E-state index contributed by atoms with van der Waals surface area (Å²) in [5, 5.41) is 0. The van der Waals surface area contributed by atoms with Crippen molar-refractivity contribution in [1.82, 2.24) is 9.88 Å². The molecule has 126 valence electrons. The first-order chi connectivity index (χ1) is 11.7. The van der Waals surface area contributed by atoms with E-state index in [1.165, 1.54) is 12.0 Å². The molecule has 1 aliphatic heterocycles. The number of amides is 1. The molecular weight excluding hydrogens is 300 g/mol. The van der Waals surface area contributed by atoms with Crippen LogP contribution in [-0.2, 0) is 11.2 Å². The van der Waals surface area contributed by atoms with Gasteiger partial charge in [-0.25, -0.2) is 0 Å². The highest BCUT2D eigenvalue weighted by molar-refractivity contribution is 5.73. The summed E-state index contributed by atoms with van der Waals surface area (Å²) in [6.07, 6.45) is 5.20. The van der Waals surface area contributed by atoms with Crippen LogP contribution in [0.25, 0.3) is 11.3 Å². The van der Waals surface area contributed by atoms with Crippen molar-refractivity contribution in [3.8, 4) is 17.0 Å². The zero-order valence-electron chi connectivity index (χ0n) is 14.4. The van der Waals surface area contributed by atoms with Crippen LogP contribution in [0.15, 0.2) is 42.6 Å². The number of hydrogen-bond donors (Lipinski definition) is 0. The molecule has 0 bridgehead atoms. The minimum Gasteiger partial charge on any atom is -0.496 e. The molecule has 1 atom stereocenters. The number of para-hydroxylation sites is 1. The summed E-state index contributed by atoms with van der Waals surface area (Å²) < 4.78 is 5.41. The molecule has 2 aromatic rings. The number of rotatable bonds is 4. The molecule has 0 saturated carbocycles. The molecule has 1 aliphatic rings.